The van der Waals surface area contributed by atoms with Gasteiger partial charge in [-0.15, -0.1) is 0 Å². The minimum atomic E-state index is -0.958. The maximum absolute atomic E-state index is 11.2. The molecule has 2 saturated heterocycles. The Morgan fingerprint density at radius 3 is 2.90 bits per heavy atom. The van der Waals surface area contributed by atoms with Crippen molar-refractivity contribution in [1.82, 2.24) is 4.90 Å². The van der Waals surface area contributed by atoms with E-state index in [9.17, 15) is 4.79 Å². The average Bonchev–Trinajstić information content (AvgIpc) is 2.47. The largest absolute Gasteiger partial charge is 0.478 e. The van der Waals surface area contributed by atoms with Gasteiger partial charge >= 0.3 is 5.97 Å². The number of carboxylic acids is 1. The first kappa shape index (κ1) is 13.2. The van der Waals surface area contributed by atoms with E-state index in [1.54, 1.807) is 12.1 Å². The van der Waals surface area contributed by atoms with Crippen molar-refractivity contribution in [1.29, 1.82) is 0 Å². The lowest BCUT2D eigenvalue weighted by atomic mass is 9.99. The fourth-order valence-electron chi connectivity index (χ4n) is 3.32. The van der Waals surface area contributed by atoms with E-state index in [0.29, 0.717) is 11.7 Å². The van der Waals surface area contributed by atoms with E-state index in [1.165, 1.54) is 25.8 Å². The van der Waals surface area contributed by atoms with E-state index in [1.807, 2.05) is 6.07 Å². The molecule has 0 aromatic heterocycles. The molecule has 20 heavy (non-hydrogen) atoms. The molecule has 3 N–H and O–H groups in total. The van der Waals surface area contributed by atoms with Crippen LogP contribution in [0.25, 0.3) is 0 Å². The third-order valence-corrected chi connectivity index (χ3v) is 4.47. The number of piperazine rings is 1. The minimum Gasteiger partial charge on any atom is -0.478 e. The number of hydrogen-bond acceptors (Lipinski definition) is 4. The van der Waals surface area contributed by atoms with Gasteiger partial charge in [0.2, 0.25) is 0 Å². The van der Waals surface area contributed by atoms with Gasteiger partial charge in [0.05, 0.1) is 5.56 Å². The number of fused-ring (bicyclic) bond motifs is 1. The second-order valence-electron chi connectivity index (χ2n) is 5.71. The van der Waals surface area contributed by atoms with Crippen molar-refractivity contribution in [2.24, 2.45) is 0 Å². The van der Waals surface area contributed by atoms with Crippen molar-refractivity contribution in [2.45, 2.75) is 25.3 Å². The standard InChI is InChI=1S/C15H21N3O2/c16-14-5-4-11(9-13(14)15(19)20)18-8-7-17-6-2-1-3-12(17)10-18/h4-5,9,12H,1-3,6-8,10,16H2,(H,19,20). The van der Waals surface area contributed by atoms with Gasteiger partial charge in [-0.1, -0.05) is 6.42 Å². The lowest BCUT2D eigenvalue weighted by molar-refractivity contribution is 0.0698. The van der Waals surface area contributed by atoms with Crippen LogP contribution < -0.4 is 10.6 Å². The highest BCUT2D eigenvalue weighted by atomic mass is 16.4. The number of piperidine rings is 1. The van der Waals surface area contributed by atoms with Crippen LogP contribution in [0.5, 0.6) is 0 Å². The van der Waals surface area contributed by atoms with Gasteiger partial charge in [-0.25, -0.2) is 4.79 Å². The molecule has 2 aliphatic rings. The summed E-state index contributed by atoms with van der Waals surface area (Å²) in [6.07, 6.45) is 3.86. The van der Waals surface area contributed by atoms with E-state index in [4.69, 9.17) is 10.8 Å². The average molecular weight is 275 g/mol. The maximum atomic E-state index is 11.2. The highest BCUT2D eigenvalue weighted by Crippen LogP contribution is 2.27. The van der Waals surface area contributed by atoms with E-state index in [2.05, 4.69) is 9.80 Å². The van der Waals surface area contributed by atoms with Gasteiger partial charge < -0.3 is 15.7 Å². The predicted molar refractivity (Wildman–Crippen MR) is 79.2 cm³/mol. The molecule has 0 aliphatic carbocycles. The number of aromatic carboxylic acids is 1. The Morgan fingerprint density at radius 2 is 2.10 bits per heavy atom. The lowest BCUT2D eigenvalue weighted by Gasteiger charge is -2.45. The first-order valence-electron chi connectivity index (χ1n) is 7.27. The Hall–Kier alpha value is -1.75. The van der Waals surface area contributed by atoms with Crippen LogP contribution in [-0.2, 0) is 0 Å². The number of carboxylic acid groups (broad SMARTS) is 1. The van der Waals surface area contributed by atoms with Crippen LogP contribution in [0.1, 0.15) is 29.6 Å². The zero-order valence-electron chi connectivity index (χ0n) is 11.6. The number of nitrogen functional groups attached to an aromatic ring is 1. The van der Waals surface area contributed by atoms with E-state index >= 15 is 0 Å². The third-order valence-electron chi connectivity index (χ3n) is 4.47. The summed E-state index contributed by atoms with van der Waals surface area (Å²) in [7, 11) is 0. The van der Waals surface area contributed by atoms with Crippen LogP contribution in [0.4, 0.5) is 11.4 Å². The second kappa shape index (κ2) is 5.32. The minimum absolute atomic E-state index is 0.202. The smallest absolute Gasteiger partial charge is 0.337 e. The molecule has 108 valence electrons. The summed E-state index contributed by atoms with van der Waals surface area (Å²) in [5, 5.41) is 9.17. The Bertz CT molecular complexity index is 518. The zero-order chi connectivity index (χ0) is 14.1. The van der Waals surface area contributed by atoms with E-state index in [-0.39, 0.29) is 5.56 Å². The van der Waals surface area contributed by atoms with E-state index < -0.39 is 5.97 Å². The van der Waals surface area contributed by atoms with Crippen molar-refractivity contribution >= 4 is 17.3 Å². The van der Waals surface area contributed by atoms with Gasteiger partial charge in [-0.2, -0.15) is 0 Å². The first-order chi connectivity index (χ1) is 9.65. The van der Waals surface area contributed by atoms with Gasteiger partial charge in [0.25, 0.3) is 0 Å². The molecule has 2 aliphatic heterocycles. The SMILES string of the molecule is Nc1ccc(N2CCN3CCCCC3C2)cc1C(=O)O. The van der Waals surface area contributed by atoms with Crippen LogP contribution in [0, 0.1) is 0 Å². The molecule has 0 amide bonds. The molecule has 1 atom stereocenters. The molecule has 0 bridgehead atoms. The lowest BCUT2D eigenvalue weighted by Crippen LogP contribution is -2.54. The summed E-state index contributed by atoms with van der Waals surface area (Å²) in [5.74, 6) is -0.958. The van der Waals surface area contributed by atoms with Crippen molar-refractivity contribution in [3.63, 3.8) is 0 Å². The molecule has 2 heterocycles. The predicted octanol–water partition coefficient (Wildman–Crippen LogP) is 1.64. The fraction of sp³-hybridized carbons (Fsp3) is 0.533. The Morgan fingerprint density at radius 1 is 1.25 bits per heavy atom. The summed E-state index contributed by atoms with van der Waals surface area (Å²) < 4.78 is 0. The van der Waals surface area contributed by atoms with Crippen molar-refractivity contribution in [2.75, 3.05) is 36.8 Å². The molecule has 5 nitrogen and oxygen atoms in total. The summed E-state index contributed by atoms with van der Waals surface area (Å²) in [5.41, 5.74) is 7.23. The summed E-state index contributed by atoms with van der Waals surface area (Å²) in [6.45, 7) is 4.22. The van der Waals surface area contributed by atoms with Crippen LogP contribution in [-0.4, -0.2) is 48.2 Å². The first-order valence-corrected chi connectivity index (χ1v) is 7.27. The zero-order valence-corrected chi connectivity index (χ0v) is 11.6. The molecule has 1 aromatic rings. The third kappa shape index (κ3) is 2.45. The van der Waals surface area contributed by atoms with Gasteiger partial charge in [-0.3, -0.25) is 4.90 Å². The van der Waals surface area contributed by atoms with E-state index in [0.717, 1.165) is 25.3 Å². The van der Waals surface area contributed by atoms with Gasteiger partial charge in [0.1, 0.15) is 0 Å². The topological polar surface area (TPSA) is 69.8 Å². The number of anilines is 2. The Kier molecular flexibility index (Phi) is 3.53. The number of nitrogens with zero attached hydrogens (tertiary/aromatic N) is 2. The molecule has 2 fully saturated rings. The number of benzene rings is 1. The molecule has 0 radical (unpaired) electrons. The molecular formula is C15H21N3O2. The number of carbonyl (C=O) groups is 1. The van der Waals surface area contributed by atoms with Gasteiger partial charge in [0, 0.05) is 37.1 Å². The van der Waals surface area contributed by atoms with Crippen molar-refractivity contribution in [3.05, 3.63) is 23.8 Å². The molecule has 0 spiro atoms. The summed E-state index contributed by atoms with van der Waals surface area (Å²) in [4.78, 5) is 16.0. The van der Waals surface area contributed by atoms with Crippen LogP contribution in [0.15, 0.2) is 18.2 Å². The number of nitrogens with two attached hydrogens (primary N) is 1. The second-order valence-corrected chi connectivity index (χ2v) is 5.71. The van der Waals surface area contributed by atoms with Crippen LogP contribution in [0.2, 0.25) is 0 Å². The molecule has 0 saturated carbocycles. The van der Waals surface area contributed by atoms with Gasteiger partial charge in [0.15, 0.2) is 0 Å². The summed E-state index contributed by atoms with van der Waals surface area (Å²) >= 11 is 0. The highest BCUT2D eigenvalue weighted by Gasteiger charge is 2.29. The molecule has 5 heteroatoms. The summed E-state index contributed by atoms with van der Waals surface area (Å²) in [6, 6.07) is 5.95. The fourth-order valence-corrected chi connectivity index (χ4v) is 3.32. The monoisotopic (exact) mass is 275 g/mol. The number of hydrogen-bond donors (Lipinski definition) is 2. The maximum Gasteiger partial charge on any atom is 0.337 e. The van der Waals surface area contributed by atoms with Gasteiger partial charge in [-0.05, 0) is 37.6 Å². The normalized spacial score (nSPS) is 23.4. The Balaban J connectivity index is 1.79. The molecule has 1 unspecified atom stereocenters. The molecule has 1 aromatic carbocycles. The highest BCUT2D eigenvalue weighted by molar-refractivity contribution is 5.94. The number of rotatable bonds is 2. The molecular weight excluding hydrogens is 254 g/mol. The quantitative estimate of drug-likeness (QED) is 0.803. The van der Waals surface area contributed by atoms with Crippen molar-refractivity contribution in [3.8, 4) is 0 Å². The Labute approximate surface area is 119 Å². The molecule has 3 rings (SSSR count). The van der Waals surface area contributed by atoms with Crippen LogP contribution >= 0.6 is 0 Å². The van der Waals surface area contributed by atoms with Crippen molar-refractivity contribution < 1.29 is 9.90 Å². The van der Waals surface area contributed by atoms with Crippen LogP contribution in [0.3, 0.4) is 0 Å².